The number of aromatic nitrogens is 2. The van der Waals surface area contributed by atoms with Crippen molar-refractivity contribution in [2.75, 3.05) is 10.7 Å². The number of hydrazine groups is 1. The van der Waals surface area contributed by atoms with Gasteiger partial charge in [0, 0.05) is 5.69 Å². The molecule has 4 N–H and O–H groups in total. The van der Waals surface area contributed by atoms with E-state index in [-0.39, 0.29) is 5.02 Å². The molecule has 0 unspecified atom stereocenters. The van der Waals surface area contributed by atoms with Crippen LogP contribution in [0.5, 0.6) is 0 Å². The van der Waals surface area contributed by atoms with E-state index in [2.05, 4.69) is 20.7 Å². The highest BCUT2D eigenvalue weighted by molar-refractivity contribution is 6.31. The van der Waals surface area contributed by atoms with Crippen LogP contribution in [-0.2, 0) is 0 Å². The zero-order chi connectivity index (χ0) is 12.3. The van der Waals surface area contributed by atoms with E-state index in [1.54, 1.807) is 6.07 Å². The average Bonchev–Trinajstić information content (AvgIpc) is 2.34. The molecule has 0 atom stereocenters. The monoisotopic (exact) mass is 253 g/mol. The van der Waals surface area contributed by atoms with Gasteiger partial charge in [0.15, 0.2) is 11.6 Å². The minimum atomic E-state index is -0.472. The Kier molecular flexibility index (Phi) is 3.36. The van der Waals surface area contributed by atoms with Gasteiger partial charge >= 0.3 is 0 Å². The summed E-state index contributed by atoms with van der Waals surface area (Å²) < 4.78 is 12.9. The SMILES string of the molecule is NNc1cncc(Nc2ccc(F)c(Cl)c2)n1. The molecule has 0 aliphatic heterocycles. The zero-order valence-electron chi connectivity index (χ0n) is 8.61. The second-order valence-electron chi connectivity index (χ2n) is 3.19. The zero-order valence-corrected chi connectivity index (χ0v) is 9.37. The van der Waals surface area contributed by atoms with Crippen molar-refractivity contribution < 1.29 is 4.39 Å². The fourth-order valence-electron chi connectivity index (χ4n) is 1.22. The average molecular weight is 254 g/mol. The van der Waals surface area contributed by atoms with Crippen molar-refractivity contribution in [3.05, 3.63) is 41.4 Å². The lowest BCUT2D eigenvalue weighted by molar-refractivity contribution is 0.628. The molecule has 1 heterocycles. The third kappa shape index (κ3) is 2.80. The molecule has 2 rings (SSSR count). The number of hydrogen-bond donors (Lipinski definition) is 3. The Labute approximate surface area is 102 Å². The molecule has 0 radical (unpaired) electrons. The summed E-state index contributed by atoms with van der Waals surface area (Å²) in [5.74, 6) is 5.63. The quantitative estimate of drug-likeness (QED) is 0.578. The predicted molar refractivity (Wildman–Crippen MR) is 64.5 cm³/mol. The third-order valence-corrected chi connectivity index (χ3v) is 2.26. The summed E-state index contributed by atoms with van der Waals surface area (Å²) >= 11 is 5.66. The van der Waals surface area contributed by atoms with Crippen molar-refractivity contribution in [1.29, 1.82) is 0 Å². The summed E-state index contributed by atoms with van der Waals surface area (Å²) in [6, 6.07) is 4.27. The van der Waals surface area contributed by atoms with Crippen molar-refractivity contribution in [2.24, 2.45) is 5.84 Å². The van der Waals surface area contributed by atoms with Crippen LogP contribution in [0.4, 0.5) is 21.7 Å². The van der Waals surface area contributed by atoms with Gasteiger partial charge in [-0.1, -0.05) is 11.6 Å². The van der Waals surface area contributed by atoms with Crippen LogP contribution in [0.1, 0.15) is 0 Å². The summed E-state index contributed by atoms with van der Waals surface area (Å²) in [5.41, 5.74) is 2.98. The molecule has 0 saturated heterocycles. The first-order valence-corrected chi connectivity index (χ1v) is 5.07. The largest absolute Gasteiger partial charge is 0.339 e. The second kappa shape index (κ2) is 4.94. The second-order valence-corrected chi connectivity index (χ2v) is 3.59. The topological polar surface area (TPSA) is 75.9 Å². The molecular weight excluding hydrogens is 245 g/mol. The van der Waals surface area contributed by atoms with E-state index in [0.29, 0.717) is 17.3 Å². The van der Waals surface area contributed by atoms with Crippen LogP contribution in [0.3, 0.4) is 0 Å². The Balaban J connectivity index is 2.22. The first-order chi connectivity index (χ1) is 8.19. The Morgan fingerprint density at radius 1 is 1.24 bits per heavy atom. The molecule has 0 fully saturated rings. The fourth-order valence-corrected chi connectivity index (χ4v) is 1.40. The number of hydrogen-bond acceptors (Lipinski definition) is 5. The number of nitrogen functional groups attached to an aromatic ring is 1. The Morgan fingerprint density at radius 3 is 2.71 bits per heavy atom. The minimum Gasteiger partial charge on any atom is -0.339 e. The molecule has 0 bridgehead atoms. The summed E-state index contributed by atoms with van der Waals surface area (Å²) in [6.45, 7) is 0. The molecule has 5 nitrogen and oxygen atoms in total. The maximum absolute atomic E-state index is 12.9. The lowest BCUT2D eigenvalue weighted by Gasteiger charge is -2.07. The summed E-state index contributed by atoms with van der Waals surface area (Å²) in [6.07, 6.45) is 2.99. The van der Waals surface area contributed by atoms with E-state index in [0.717, 1.165) is 0 Å². The molecule has 1 aromatic carbocycles. The number of benzene rings is 1. The van der Waals surface area contributed by atoms with Gasteiger partial charge in [-0.3, -0.25) is 4.98 Å². The number of rotatable bonds is 3. The Hall–Kier alpha value is -1.92. The molecule has 0 spiro atoms. The van der Waals surface area contributed by atoms with Gasteiger partial charge in [-0.2, -0.15) is 0 Å². The maximum atomic E-state index is 12.9. The molecule has 88 valence electrons. The molecule has 17 heavy (non-hydrogen) atoms. The first kappa shape index (κ1) is 11.6. The number of nitrogens with two attached hydrogens (primary N) is 1. The van der Waals surface area contributed by atoms with Crippen LogP contribution in [0, 0.1) is 5.82 Å². The Bertz CT molecular complexity index is 534. The summed E-state index contributed by atoms with van der Waals surface area (Å²) in [5, 5.41) is 2.96. The normalized spacial score (nSPS) is 10.1. The van der Waals surface area contributed by atoms with E-state index in [1.165, 1.54) is 24.5 Å². The third-order valence-electron chi connectivity index (χ3n) is 1.97. The molecule has 7 heteroatoms. The summed E-state index contributed by atoms with van der Waals surface area (Å²) in [7, 11) is 0. The van der Waals surface area contributed by atoms with Crippen molar-refractivity contribution in [2.45, 2.75) is 0 Å². The number of halogens is 2. The molecular formula is C10H9ClFN5. The van der Waals surface area contributed by atoms with E-state index in [9.17, 15) is 4.39 Å². The molecule has 0 aliphatic carbocycles. The number of nitrogens with zero attached hydrogens (tertiary/aromatic N) is 2. The smallest absolute Gasteiger partial charge is 0.160 e. The van der Waals surface area contributed by atoms with E-state index < -0.39 is 5.82 Å². The summed E-state index contributed by atoms with van der Waals surface area (Å²) in [4.78, 5) is 8.01. The Morgan fingerprint density at radius 2 is 2.00 bits per heavy atom. The van der Waals surface area contributed by atoms with Crippen molar-refractivity contribution in [1.82, 2.24) is 9.97 Å². The van der Waals surface area contributed by atoms with E-state index in [4.69, 9.17) is 17.4 Å². The molecule has 1 aromatic heterocycles. The van der Waals surface area contributed by atoms with Gasteiger partial charge in [0.1, 0.15) is 5.82 Å². The minimum absolute atomic E-state index is 0.0380. The highest BCUT2D eigenvalue weighted by atomic mass is 35.5. The highest BCUT2D eigenvalue weighted by Gasteiger charge is 2.02. The molecule has 0 aliphatic rings. The van der Waals surface area contributed by atoms with Gasteiger partial charge in [0.2, 0.25) is 0 Å². The van der Waals surface area contributed by atoms with Gasteiger partial charge in [0.25, 0.3) is 0 Å². The van der Waals surface area contributed by atoms with E-state index >= 15 is 0 Å². The predicted octanol–water partition coefficient (Wildman–Crippen LogP) is 2.30. The van der Waals surface area contributed by atoms with Crippen LogP contribution in [0.2, 0.25) is 5.02 Å². The van der Waals surface area contributed by atoms with Gasteiger partial charge in [-0.05, 0) is 18.2 Å². The van der Waals surface area contributed by atoms with Crippen molar-refractivity contribution in [3.63, 3.8) is 0 Å². The lowest BCUT2D eigenvalue weighted by Crippen LogP contribution is -2.09. The van der Waals surface area contributed by atoms with Crippen molar-refractivity contribution >= 4 is 28.9 Å². The van der Waals surface area contributed by atoms with Gasteiger partial charge in [-0.15, -0.1) is 0 Å². The van der Waals surface area contributed by atoms with Crippen LogP contribution >= 0.6 is 11.6 Å². The first-order valence-electron chi connectivity index (χ1n) is 4.70. The van der Waals surface area contributed by atoms with Crippen LogP contribution in [0.15, 0.2) is 30.6 Å². The van der Waals surface area contributed by atoms with Crippen molar-refractivity contribution in [3.8, 4) is 0 Å². The van der Waals surface area contributed by atoms with Gasteiger partial charge in [-0.25, -0.2) is 15.2 Å². The molecule has 2 aromatic rings. The van der Waals surface area contributed by atoms with Crippen LogP contribution in [0.25, 0.3) is 0 Å². The number of anilines is 3. The van der Waals surface area contributed by atoms with Crippen LogP contribution in [-0.4, -0.2) is 9.97 Å². The standard InChI is InChI=1S/C10H9ClFN5/c11-7-3-6(1-2-8(7)12)15-9-4-14-5-10(16-9)17-13/h1-5H,13H2,(H2,15,16,17). The molecule has 0 amide bonds. The maximum Gasteiger partial charge on any atom is 0.160 e. The highest BCUT2D eigenvalue weighted by Crippen LogP contribution is 2.21. The molecule has 0 saturated carbocycles. The lowest BCUT2D eigenvalue weighted by atomic mass is 10.3. The van der Waals surface area contributed by atoms with E-state index in [1.807, 2.05) is 0 Å². The van der Waals surface area contributed by atoms with Gasteiger partial charge in [0.05, 0.1) is 17.4 Å². The van der Waals surface area contributed by atoms with Crippen LogP contribution < -0.4 is 16.6 Å². The number of nitrogens with one attached hydrogen (secondary N) is 2. The van der Waals surface area contributed by atoms with Gasteiger partial charge < -0.3 is 10.7 Å². The fraction of sp³-hybridized carbons (Fsp3) is 0.